The summed E-state index contributed by atoms with van der Waals surface area (Å²) in [6.07, 6.45) is 3.48. The van der Waals surface area contributed by atoms with Gasteiger partial charge in [0.2, 0.25) is 0 Å². The lowest BCUT2D eigenvalue weighted by atomic mass is 9.97. The van der Waals surface area contributed by atoms with Crippen LogP contribution < -0.4 is 11.2 Å². The number of rotatable bonds is 4. The van der Waals surface area contributed by atoms with Gasteiger partial charge in [-0.05, 0) is 43.4 Å². The third-order valence-corrected chi connectivity index (χ3v) is 6.76. The van der Waals surface area contributed by atoms with Crippen LogP contribution in [0.25, 0.3) is 10.2 Å². The number of hydrogen-bond donors (Lipinski definition) is 1. The number of halogens is 2. The van der Waals surface area contributed by atoms with Crippen LogP contribution in [0.15, 0.2) is 32.3 Å². The quantitative estimate of drug-likeness (QED) is 0.640. The lowest BCUT2D eigenvalue weighted by Crippen LogP contribution is -2.41. The van der Waals surface area contributed by atoms with E-state index in [1.165, 1.54) is 23.5 Å². The summed E-state index contributed by atoms with van der Waals surface area (Å²) in [7, 11) is 0. The Morgan fingerprint density at radius 3 is 2.68 bits per heavy atom. The summed E-state index contributed by atoms with van der Waals surface area (Å²) in [6, 6.07) is 4.39. The molecule has 3 aromatic rings. The molecule has 0 spiro atoms. The van der Waals surface area contributed by atoms with E-state index in [-0.39, 0.29) is 12.1 Å². The maximum Gasteiger partial charge on any atom is 0.332 e. The monoisotopic (exact) mass is 466 g/mol. The van der Waals surface area contributed by atoms with Gasteiger partial charge in [-0.25, -0.2) is 9.18 Å². The van der Waals surface area contributed by atoms with Crippen LogP contribution in [0.3, 0.4) is 0 Å². The molecule has 0 atom stereocenters. The molecule has 0 amide bonds. The van der Waals surface area contributed by atoms with Crippen molar-refractivity contribution in [3.63, 3.8) is 0 Å². The molecule has 0 bridgehead atoms. The highest BCUT2D eigenvalue weighted by Crippen LogP contribution is 2.34. The second-order valence-corrected chi connectivity index (χ2v) is 8.78. The first-order valence-corrected chi connectivity index (χ1v) is 10.4. The molecule has 0 unspecified atom stereocenters. The standard InChI is InChI=1S/C19H16BrFN2O4S/c20-11-6-5-10(13(21)7-11)8-22-17(26)16-12-3-1-2-4-14(12)28-18(16)23(19(22)27)9-15(24)25/h5-7H,1-4,8-9H2,(H,24,25). The van der Waals surface area contributed by atoms with Crippen LogP contribution in [0.1, 0.15) is 28.8 Å². The van der Waals surface area contributed by atoms with Gasteiger partial charge in [-0.3, -0.25) is 18.7 Å². The van der Waals surface area contributed by atoms with E-state index in [9.17, 15) is 23.9 Å². The van der Waals surface area contributed by atoms with E-state index >= 15 is 0 Å². The van der Waals surface area contributed by atoms with Gasteiger partial charge in [-0.15, -0.1) is 11.3 Å². The number of nitrogens with zero attached hydrogens (tertiary/aromatic N) is 2. The molecule has 0 fully saturated rings. The fourth-order valence-electron chi connectivity index (χ4n) is 3.65. The molecule has 146 valence electrons. The van der Waals surface area contributed by atoms with Crippen molar-refractivity contribution >= 4 is 43.5 Å². The number of benzene rings is 1. The van der Waals surface area contributed by atoms with E-state index < -0.39 is 29.6 Å². The first-order valence-electron chi connectivity index (χ1n) is 8.80. The number of hydrogen-bond acceptors (Lipinski definition) is 4. The fourth-order valence-corrected chi connectivity index (χ4v) is 5.36. The molecule has 0 radical (unpaired) electrons. The minimum Gasteiger partial charge on any atom is -0.480 e. The van der Waals surface area contributed by atoms with Crippen LogP contribution in [-0.4, -0.2) is 20.2 Å². The molecule has 28 heavy (non-hydrogen) atoms. The van der Waals surface area contributed by atoms with Gasteiger partial charge in [0.15, 0.2) is 0 Å². The van der Waals surface area contributed by atoms with E-state index in [4.69, 9.17) is 0 Å². The molecule has 6 nitrogen and oxygen atoms in total. The number of fused-ring (bicyclic) bond motifs is 3. The molecule has 0 aliphatic heterocycles. The van der Waals surface area contributed by atoms with Gasteiger partial charge in [-0.1, -0.05) is 22.0 Å². The van der Waals surface area contributed by atoms with Gasteiger partial charge in [-0.2, -0.15) is 0 Å². The summed E-state index contributed by atoms with van der Waals surface area (Å²) < 4.78 is 16.9. The van der Waals surface area contributed by atoms with Gasteiger partial charge < -0.3 is 5.11 Å². The van der Waals surface area contributed by atoms with Crippen molar-refractivity contribution in [3.05, 3.63) is 65.3 Å². The number of carbonyl (C=O) groups is 1. The molecule has 1 aliphatic rings. The summed E-state index contributed by atoms with van der Waals surface area (Å²) >= 11 is 4.50. The molecule has 9 heteroatoms. The van der Waals surface area contributed by atoms with Crippen molar-refractivity contribution in [2.45, 2.75) is 38.8 Å². The molecule has 1 aliphatic carbocycles. The molecular formula is C19H16BrFN2O4S. The Morgan fingerprint density at radius 2 is 1.96 bits per heavy atom. The van der Waals surface area contributed by atoms with Crippen molar-refractivity contribution in [1.29, 1.82) is 0 Å². The Kier molecular flexibility index (Phi) is 4.96. The van der Waals surface area contributed by atoms with Crippen LogP contribution >= 0.6 is 27.3 Å². The van der Waals surface area contributed by atoms with Crippen molar-refractivity contribution in [3.8, 4) is 0 Å². The second kappa shape index (κ2) is 7.29. The van der Waals surface area contributed by atoms with Crippen molar-refractivity contribution in [2.24, 2.45) is 0 Å². The smallest absolute Gasteiger partial charge is 0.332 e. The van der Waals surface area contributed by atoms with E-state index in [0.717, 1.165) is 45.3 Å². The summed E-state index contributed by atoms with van der Waals surface area (Å²) in [5.41, 5.74) is -0.127. The lowest BCUT2D eigenvalue weighted by Gasteiger charge is -2.13. The van der Waals surface area contributed by atoms with Crippen LogP contribution in [0.5, 0.6) is 0 Å². The number of aliphatic carboxylic acids is 1. The molecule has 1 aromatic carbocycles. The first kappa shape index (κ1) is 19.1. The molecule has 0 saturated carbocycles. The average Bonchev–Trinajstić information content (AvgIpc) is 3.03. The zero-order valence-corrected chi connectivity index (χ0v) is 17.1. The van der Waals surface area contributed by atoms with Crippen molar-refractivity contribution in [2.75, 3.05) is 0 Å². The molecular weight excluding hydrogens is 451 g/mol. The van der Waals surface area contributed by atoms with Crippen molar-refractivity contribution in [1.82, 2.24) is 9.13 Å². The number of thiophene rings is 1. The Hall–Kier alpha value is -2.26. The SMILES string of the molecule is O=C(O)Cn1c(=O)n(Cc2ccc(Br)cc2F)c(=O)c2c3c(sc21)CCCC3. The first-order chi connectivity index (χ1) is 13.4. The topological polar surface area (TPSA) is 81.3 Å². The van der Waals surface area contributed by atoms with E-state index in [2.05, 4.69) is 15.9 Å². The zero-order valence-electron chi connectivity index (χ0n) is 14.7. The Balaban J connectivity index is 1.99. The van der Waals surface area contributed by atoms with Gasteiger partial charge >= 0.3 is 11.7 Å². The highest BCUT2D eigenvalue weighted by molar-refractivity contribution is 9.10. The molecule has 2 heterocycles. The average molecular weight is 467 g/mol. The molecule has 1 N–H and O–H groups in total. The van der Waals surface area contributed by atoms with E-state index in [1.807, 2.05) is 0 Å². The Bertz CT molecular complexity index is 1230. The predicted molar refractivity (Wildman–Crippen MR) is 108 cm³/mol. The summed E-state index contributed by atoms with van der Waals surface area (Å²) in [5, 5.41) is 9.67. The number of carboxylic acids is 1. The lowest BCUT2D eigenvalue weighted by molar-refractivity contribution is -0.137. The number of carboxylic acid groups (broad SMARTS) is 1. The van der Waals surface area contributed by atoms with Crippen molar-refractivity contribution < 1.29 is 14.3 Å². The predicted octanol–water partition coefficient (Wildman–Crippen LogP) is 3.14. The Labute approximate surface area is 171 Å². The van der Waals surface area contributed by atoms with Crippen LogP contribution in [-0.2, 0) is 30.7 Å². The largest absolute Gasteiger partial charge is 0.480 e. The fraction of sp³-hybridized carbons (Fsp3) is 0.316. The summed E-state index contributed by atoms with van der Waals surface area (Å²) in [4.78, 5) is 38.9. The summed E-state index contributed by atoms with van der Waals surface area (Å²) in [5.74, 6) is -1.72. The van der Waals surface area contributed by atoms with Gasteiger partial charge in [0, 0.05) is 14.9 Å². The maximum absolute atomic E-state index is 14.3. The zero-order chi connectivity index (χ0) is 20.0. The Morgan fingerprint density at radius 1 is 1.21 bits per heavy atom. The maximum atomic E-state index is 14.3. The molecule has 4 rings (SSSR count). The van der Waals surface area contributed by atoms with Gasteiger partial charge in [0.05, 0.1) is 11.9 Å². The number of aromatic nitrogens is 2. The normalized spacial score (nSPS) is 13.6. The van der Waals surface area contributed by atoms with Crippen LogP contribution in [0.2, 0.25) is 0 Å². The second-order valence-electron chi connectivity index (χ2n) is 6.78. The van der Waals surface area contributed by atoms with Crippen LogP contribution in [0.4, 0.5) is 4.39 Å². The minimum atomic E-state index is -1.17. The van der Waals surface area contributed by atoms with E-state index in [0.29, 0.717) is 14.7 Å². The number of aryl methyl sites for hydroxylation is 2. The third-order valence-electron chi connectivity index (χ3n) is 4.96. The summed E-state index contributed by atoms with van der Waals surface area (Å²) in [6.45, 7) is -0.797. The van der Waals surface area contributed by atoms with E-state index in [1.54, 1.807) is 6.07 Å². The minimum absolute atomic E-state index is 0.188. The molecule has 0 saturated heterocycles. The molecule has 2 aromatic heterocycles. The highest BCUT2D eigenvalue weighted by atomic mass is 79.9. The third kappa shape index (κ3) is 3.22. The van der Waals surface area contributed by atoms with Crippen LogP contribution in [0, 0.1) is 5.82 Å². The van der Waals surface area contributed by atoms with Gasteiger partial charge in [0.1, 0.15) is 17.2 Å². The van der Waals surface area contributed by atoms with Gasteiger partial charge in [0.25, 0.3) is 5.56 Å². The highest BCUT2D eigenvalue weighted by Gasteiger charge is 2.24.